The highest BCUT2D eigenvalue weighted by atomic mass is 16.5. The van der Waals surface area contributed by atoms with Gasteiger partial charge >= 0.3 is 0 Å². The van der Waals surface area contributed by atoms with Crippen molar-refractivity contribution >= 4 is 16.8 Å². The van der Waals surface area contributed by atoms with E-state index >= 15 is 0 Å². The zero-order valence-corrected chi connectivity index (χ0v) is 14.5. The second-order valence-corrected chi connectivity index (χ2v) is 6.84. The van der Waals surface area contributed by atoms with Crippen LogP contribution in [0.25, 0.3) is 10.9 Å². The van der Waals surface area contributed by atoms with Crippen molar-refractivity contribution in [1.29, 1.82) is 0 Å². The molecule has 2 N–H and O–H groups in total. The predicted octanol–water partition coefficient (Wildman–Crippen LogP) is 3.98. The average Bonchev–Trinajstić information content (AvgIpc) is 3.04. The van der Waals surface area contributed by atoms with E-state index in [0.717, 1.165) is 5.52 Å². The van der Waals surface area contributed by atoms with Gasteiger partial charge in [-0.25, -0.2) is 0 Å². The van der Waals surface area contributed by atoms with Crippen LogP contribution in [-0.2, 0) is 9.53 Å². The van der Waals surface area contributed by atoms with E-state index in [9.17, 15) is 4.79 Å². The number of carbonyl (C=O) groups is 1. The molecule has 1 aromatic carbocycles. The summed E-state index contributed by atoms with van der Waals surface area (Å²) < 4.78 is 5.02. The Balaban J connectivity index is 1.80. The molecule has 0 saturated heterocycles. The second-order valence-electron chi connectivity index (χ2n) is 6.84. The Bertz CT molecular complexity index is 658. The summed E-state index contributed by atoms with van der Waals surface area (Å²) in [6, 6.07) is 8.40. The lowest BCUT2D eigenvalue weighted by molar-refractivity contribution is -0.122. The number of hydrogen-bond donors (Lipinski definition) is 2. The van der Waals surface area contributed by atoms with Crippen LogP contribution in [0.4, 0.5) is 0 Å². The fourth-order valence-corrected chi connectivity index (χ4v) is 4.03. The van der Waals surface area contributed by atoms with Crippen molar-refractivity contribution in [2.75, 3.05) is 20.3 Å². The number of para-hydroxylation sites is 1. The Kier molecular flexibility index (Phi) is 5.91. The zero-order valence-electron chi connectivity index (χ0n) is 14.5. The molecule has 0 aliphatic heterocycles. The van der Waals surface area contributed by atoms with Gasteiger partial charge in [0.1, 0.15) is 0 Å². The molecule has 1 amide bonds. The fraction of sp³-hybridized carbons (Fsp3) is 0.550. The molecule has 0 radical (unpaired) electrons. The highest BCUT2D eigenvalue weighted by Crippen LogP contribution is 2.40. The van der Waals surface area contributed by atoms with E-state index in [1.54, 1.807) is 7.11 Å². The Morgan fingerprint density at radius 2 is 2.08 bits per heavy atom. The molecule has 0 bridgehead atoms. The summed E-state index contributed by atoms with van der Waals surface area (Å²) in [5.41, 5.74) is 2.47. The predicted molar refractivity (Wildman–Crippen MR) is 97.1 cm³/mol. The van der Waals surface area contributed by atoms with Gasteiger partial charge in [0, 0.05) is 37.2 Å². The summed E-state index contributed by atoms with van der Waals surface area (Å²) in [6.45, 7) is 1.15. The van der Waals surface area contributed by atoms with Gasteiger partial charge < -0.3 is 15.0 Å². The number of methoxy groups -OCH3 is 1. The minimum absolute atomic E-state index is 0.132. The fourth-order valence-electron chi connectivity index (χ4n) is 4.03. The third-order valence-electron chi connectivity index (χ3n) is 5.27. The van der Waals surface area contributed by atoms with Crippen molar-refractivity contribution in [3.05, 3.63) is 36.0 Å². The van der Waals surface area contributed by atoms with E-state index < -0.39 is 0 Å². The van der Waals surface area contributed by atoms with Gasteiger partial charge in [0.05, 0.1) is 6.61 Å². The van der Waals surface area contributed by atoms with Crippen molar-refractivity contribution < 1.29 is 9.53 Å². The van der Waals surface area contributed by atoms with Crippen LogP contribution < -0.4 is 5.32 Å². The highest BCUT2D eigenvalue weighted by Gasteiger charge is 2.28. The normalized spacial score (nSPS) is 17.0. The van der Waals surface area contributed by atoms with Crippen LogP contribution in [0.15, 0.2) is 30.5 Å². The first-order valence-electron chi connectivity index (χ1n) is 9.11. The number of fused-ring (bicyclic) bond motifs is 1. The third kappa shape index (κ3) is 3.99. The summed E-state index contributed by atoms with van der Waals surface area (Å²) in [7, 11) is 1.66. The standard InChI is InChI=1S/C20H28N2O2/c1-24-12-11-21-20(23)13-17(15-7-3-2-4-8-15)18-14-22-19-10-6-5-9-16(18)19/h5-6,9-10,14-15,17,22H,2-4,7-8,11-13H2,1H3,(H,21,23). The monoisotopic (exact) mass is 328 g/mol. The minimum atomic E-state index is 0.132. The van der Waals surface area contributed by atoms with Gasteiger partial charge in [0.2, 0.25) is 5.91 Å². The maximum Gasteiger partial charge on any atom is 0.220 e. The summed E-state index contributed by atoms with van der Waals surface area (Å²) in [6.07, 6.45) is 9.05. The molecule has 3 rings (SSSR count). The molecule has 1 unspecified atom stereocenters. The number of aromatic amines is 1. The number of amides is 1. The number of hydrogen-bond acceptors (Lipinski definition) is 2. The molecule has 24 heavy (non-hydrogen) atoms. The molecule has 2 aromatic rings. The van der Waals surface area contributed by atoms with Gasteiger partial charge in [0.15, 0.2) is 0 Å². The largest absolute Gasteiger partial charge is 0.383 e. The molecule has 1 fully saturated rings. The van der Waals surface area contributed by atoms with E-state index in [4.69, 9.17) is 4.74 Å². The molecule has 1 atom stereocenters. The first-order valence-corrected chi connectivity index (χ1v) is 9.11. The Morgan fingerprint density at radius 3 is 2.88 bits per heavy atom. The molecular weight excluding hydrogens is 300 g/mol. The van der Waals surface area contributed by atoms with Crippen LogP contribution in [-0.4, -0.2) is 31.2 Å². The van der Waals surface area contributed by atoms with E-state index in [1.807, 2.05) is 0 Å². The molecule has 1 aliphatic rings. The highest BCUT2D eigenvalue weighted by molar-refractivity contribution is 5.85. The topological polar surface area (TPSA) is 54.1 Å². The summed E-state index contributed by atoms with van der Waals surface area (Å²) in [4.78, 5) is 15.8. The van der Waals surface area contributed by atoms with Crippen molar-refractivity contribution in [2.24, 2.45) is 5.92 Å². The molecule has 130 valence electrons. The number of rotatable bonds is 7. The van der Waals surface area contributed by atoms with Crippen LogP contribution in [0.2, 0.25) is 0 Å². The Morgan fingerprint density at radius 1 is 1.29 bits per heavy atom. The molecule has 4 nitrogen and oxygen atoms in total. The molecule has 4 heteroatoms. The van der Waals surface area contributed by atoms with Crippen LogP contribution in [0, 0.1) is 5.92 Å². The van der Waals surface area contributed by atoms with Gasteiger partial charge in [-0.15, -0.1) is 0 Å². The average molecular weight is 328 g/mol. The summed E-state index contributed by atoms with van der Waals surface area (Å²) >= 11 is 0. The molecule has 1 aliphatic carbocycles. The van der Waals surface area contributed by atoms with E-state index in [-0.39, 0.29) is 5.91 Å². The number of carbonyl (C=O) groups excluding carboxylic acids is 1. The number of ether oxygens (including phenoxy) is 1. The zero-order chi connectivity index (χ0) is 16.8. The van der Waals surface area contributed by atoms with Crippen LogP contribution in [0.5, 0.6) is 0 Å². The second kappa shape index (κ2) is 8.34. The lowest BCUT2D eigenvalue weighted by Crippen LogP contribution is -2.30. The van der Waals surface area contributed by atoms with Crippen molar-refractivity contribution in [3.8, 4) is 0 Å². The Hall–Kier alpha value is -1.81. The van der Waals surface area contributed by atoms with Crippen molar-refractivity contribution in [1.82, 2.24) is 10.3 Å². The molecular formula is C20H28N2O2. The lowest BCUT2D eigenvalue weighted by Gasteiger charge is -2.30. The van der Waals surface area contributed by atoms with Gasteiger partial charge in [-0.05, 0) is 36.3 Å². The smallest absolute Gasteiger partial charge is 0.220 e. The quantitative estimate of drug-likeness (QED) is 0.755. The van der Waals surface area contributed by atoms with Gasteiger partial charge in [-0.2, -0.15) is 0 Å². The maximum atomic E-state index is 12.4. The Labute approximate surface area is 144 Å². The van der Waals surface area contributed by atoms with Gasteiger partial charge in [-0.3, -0.25) is 4.79 Å². The first kappa shape index (κ1) is 17.0. The van der Waals surface area contributed by atoms with E-state index in [2.05, 4.69) is 40.8 Å². The lowest BCUT2D eigenvalue weighted by atomic mass is 9.75. The van der Waals surface area contributed by atoms with E-state index in [1.165, 1.54) is 43.1 Å². The van der Waals surface area contributed by atoms with Crippen LogP contribution in [0.3, 0.4) is 0 Å². The van der Waals surface area contributed by atoms with Crippen LogP contribution >= 0.6 is 0 Å². The van der Waals surface area contributed by atoms with Gasteiger partial charge in [-0.1, -0.05) is 37.5 Å². The number of nitrogens with one attached hydrogen (secondary N) is 2. The molecule has 1 saturated carbocycles. The molecule has 0 spiro atoms. The van der Waals surface area contributed by atoms with Crippen LogP contribution in [0.1, 0.15) is 50.0 Å². The summed E-state index contributed by atoms with van der Waals surface area (Å²) in [5.74, 6) is 1.03. The summed E-state index contributed by atoms with van der Waals surface area (Å²) in [5, 5.41) is 4.25. The first-order chi connectivity index (χ1) is 11.8. The molecule has 1 heterocycles. The maximum absolute atomic E-state index is 12.4. The number of benzene rings is 1. The van der Waals surface area contributed by atoms with Crippen molar-refractivity contribution in [2.45, 2.75) is 44.4 Å². The third-order valence-corrected chi connectivity index (χ3v) is 5.27. The number of H-pyrrole nitrogens is 1. The molecule has 1 aromatic heterocycles. The SMILES string of the molecule is COCCNC(=O)CC(c1c[nH]c2ccccc12)C1CCCCC1. The number of aromatic nitrogens is 1. The van der Waals surface area contributed by atoms with Crippen molar-refractivity contribution in [3.63, 3.8) is 0 Å². The minimum Gasteiger partial charge on any atom is -0.383 e. The van der Waals surface area contributed by atoms with E-state index in [0.29, 0.717) is 31.4 Å². The van der Waals surface area contributed by atoms with Gasteiger partial charge in [0.25, 0.3) is 0 Å².